The number of nitrogens with one attached hydrogen (secondary N) is 1. The fourth-order valence-electron chi connectivity index (χ4n) is 2.88. The first kappa shape index (κ1) is 19.1. The SMILES string of the molecule is Cc1ccc(S(=O)[C@@H](C)C(=O)NC(c2ccccc2)c2ccccc2)cc1. The van der Waals surface area contributed by atoms with E-state index in [0.717, 1.165) is 16.7 Å². The summed E-state index contributed by atoms with van der Waals surface area (Å²) in [5.74, 6) is -0.230. The van der Waals surface area contributed by atoms with Gasteiger partial charge < -0.3 is 5.32 Å². The Balaban J connectivity index is 1.82. The maximum Gasteiger partial charge on any atom is 0.236 e. The van der Waals surface area contributed by atoms with Gasteiger partial charge in [0.25, 0.3) is 0 Å². The molecule has 1 N–H and O–H groups in total. The van der Waals surface area contributed by atoms with Gasteiger partial charge in [-0.15, -0.1) is 0 Å². The Labute approximate surface area is 162 Å². The lowest BCUT2D eigenvalue weighted by Gasteiger charge is -2.22. The van der Waals surface area contributed by atoms with Gasteiger partial charge in [-0.25, -0.2) is 0 Å². The molecule has 3 aromatic rings. The van der Waals surface area contributed by atoms with Crippen LogP contribution in [0, 0.1) is 6.92 Å². The summed E-state index contributed by atoms with van der Waals surface area (Å²) >= 11 is 0. The summed E-state index contributed by atoms with van der Waals surface area (Å²) in [6.45, 7) is 3.69. The Morgan fingerprint density at radius 1 is 0.815 bits per heavy atom. The van der Waals surface area contributed by atoms with Gasteiger partial charge in [0.2, 0.25) is 5.91 Å². The minimum atomic E-state index is -1.41. The van der Waals surface area contributed by atoms with Gasteiger partial charge in [0.05, 0.1) is 16.8 Å². The molecule has 2 atom stereocenters. The molecule has 0 saturated heterocycles. The molecule has 27 heavy (non-hydrogen) atoms. The number of carbonyl (C=O) groups is 1. The van der Waals surface area contributed by atoms with Crippen molar-refractivity contribution in [3.8, 4) is 0 Å². The highest BCUT2D eigenvalue weighted by molar-refractivity contribution is 7.86. The van der Waals surface area contributed by atoms with Crippen LogP contribution >= 0.6 is 0 Å². The Hall–Kier alpha value is -2.72. The molecule has 0 aliphatic heterocycles. The zero-order valence-corrected chi connectivity index (χ0v) is 16.3. The standard InChI is InChI=1S/C23H23NO2S/c1-17-13-15-21(16-14-17)27(26)18(2)23(25)24-22(19-9-5-3-6-10-19)20-11-7-4-8-12-20/h3-16,18,22H,1-2H3,(H,24,25)/t18-,27?/m0/s1. The summed E-state index contributed by atoms with van der Waals surface area (Å²) in [4.78, 5) is 13.5. The van der Waals surface area contributed by atoms with Crippen LogP contribution in [0.3, 0.4) is 0 Å². The Morgan fingerprint density at radius 3 is 1.78 bits per heavy atom. The van der Waals surface area contributed by atoms with Crippen molar-refractivity contribution in [3.63, 3.8) is 0 Å². The van der Waals surface area contributed by atoms with E-state index in [1.54, 1.807) is 6.92 Å². The monoisotopic (exact) mass is 377 g/mol. The molecule has 1 unspecified atom stereocenters. The molecule has 0 heterocycles. The predicted molar refractivity (Wildman–Crippen MR) is 110 cm³/mol. The van der Waals surface area contributed by atoms with Crippen molar-refractivity contribution in [1.82, 2.24) is 5.32 Å². The molecule has 4 heteroatoms. The number of carbonyl (C=O) groups excluding carboxylic acids is 1. The number of amides is 1. The molecule has 3 aromatic carbocycles. The Bertz CT molecular complexity index is 869. The van der Waals surface area contributed by atoms with Crippen LogP contribution < -0.4 is 5.32 Å². The number of benzene rings is 3. The molecule has 138 valence electrons. The number of hydrogen-bond acceptors (Lipinski definition) is 2. The van der Waals surface area contributed by atoms with Crippen LogP contribution in [0.2, 0.25) is 0 Å². The van der Waals surface area contributed by atoms with Crippen molar-refractivity contribution < 1.29 is 9.00 Å². The second-order valence-corrected chi connectivity index (χ2v) is 8.29. The second kappa shape index (κ2) is 8.78. The van der Waals surface area contributed by atoms with Gasteiger partial charge in [-0.05, 0) is 37.1 Å². The third-order valence-corrected chi connectivity index (χ3v) is 6.09. The summed E-state index contributed by atoms with van der Waals surface area (Å²) in [7, 11) is -1.41. The highest BCUT2D eigenvalue weighted by atomic mass is 32.2. The fourth-order valence-corrected chi connectivity index (χ4v) is 3.96. The van der Waals surface area contributed by atoms with Crippen LogP contribution in [0.25, 0.3) is 0 Å². The molecule has 1 amide bonds. The highest BCUT2D eigenvalue weighted by Crippen LogP contribution is 2.22. The van der Waals surface area contributed by atoms with Crippen molar-refractivity contribution in [3.05, 3.63) is 102 Å². The Morgan fingerprint density at radius 2 is 1.30 bits per heavy atom. The minimum Gasteiger partial charge on any atom is -0.344 e. The molecule has 3 nitrogen and oxygen atoms in total. The molecular formula is C23H23NO2S. The zero-order valence-electron chi connectivity index (χ0n) is 15.5. The summed E-state index contributed by atoms with van der Waals surface area (Å²) < 4.78 is 12.8. The van der Waals surface area contributed by atoms with Gasteiger partial charge in [0.1, 0.15) is 5.25 Å². The lowest BCUT2D eigenvalue weighted by Crippen LogP contribution is -2.38. The highest BCUT2D eigenvalue weighted by Gasteiger charge is 2.25. The first-order valence-corrected chi connectivity index (χ1v) is 10.1. The number of rotatable bonds is 6. The van der Waals surface area contributed by atoms with Crippen LogP contribution in [0.4, 0.5) is 0 Å². The quantitative estimate of drug-likeness (QED) is 0.692. The Kier molecular flexibility index (Phi) is 6.20. The van der Waals surface area contributed by atoms with E-state index in [0.29, 0.717) is 4.90 Å². The second-order valence-electron chi connectivity index (χ2n) is 6.52. The van der Waals surface area contributed by atoms with Crippen LogP contribution in [0.15, 0.2) is 89.8 Å². The largest absolute Gasteiger partial charge is 0.344 e. The van der Waals surface area contributed by atoms with E-state index in [1.165, 1.54) is 0 Å². The van der Waals surface area contributed by atoms with Crippen molar-refractivity contribution in [1.29, 1.82) is 0 Å². The van der Waals surface area contributed by atoms with Crippen LogP contribution in [-0.2, 0) is 15.6 Å². The topological polar surface area (TPSA) is 46.2 Å². The lowest BCUT2D eigenvalue weighted by atomic mass is 9.98. The molecule has 0 spiro atoms. The van der Waals surface area contributed by atoms with Crippen molar-refractivity contribution >= 4 is 16.7 Å². The molecule has 0 saturated carbocycles. The van der Waals surface area contributed by atoms with Crippen LogP contribution in [0.5, 0.6) is 0 Å². The van der Waals surface area contributed by atoms with Gasteiger partial charge in [-0.2, -0.15) is 0 Å². The molecule has 0 aromatic heterocycles. The lowest BCUT2D eigenvalue weighted by molar-refractivity contribution is -0.120. The maximum absolute atomic E-state index is 12.9. The maximum atomic E-state index is 12.9. The van der Waals surface area contributed by atoms with E-state index < -0.39 is 16.0 Å². The molecule has 0 fully saturated rings. The first-order valence-electron chi connectivity index (χ1n) is 8.94. The van der Waals surface area contributed by atoms with E-state index in [9.17, 15) is 9.00 Å². The summed E-state index contributed by atoms with van der Waals surface area (Å²) in [5, 5.41) is 2.43. The molecule has 0 aliphatic carbocycles. The van der Waals surface area contributed by atoms with Crippen molar-refractivity contribution in [2.45, 2.75) is 30.0 Å². The van der Waals surface area contributed by atoms with Gasteiger partial charge in [0.15, 0.2) is 0 Å². The van der Waals surface area contributed by atoms with E-state index in [2.05, 4.69) is 5.32 Å². The normalized spacial score (nSPS) is 13.1. The van der Waals surface area contributed by atoms with E-state index in [-0.39, 0.29) is 11.9 Å². The van der Waals surface area contributed by atoms with Crippen molar-refractivity contribution in [2.75, 3.05) is 0 Å². The predicted octanol–water partition coefficient (Wildman–Crippen LogP) is 4.40. The van der Waals surface area contributed by atoms with Gasteiger partial charge in [-0.1, -0.05) is 78.4 Å². The molecular weight excluding hydrogens is 354 g/mol. The smallest absolute Gasteiger partial charge is 0.236 e. The summed E-state index contributed by atoms with van der Waals surface area (Å²) in [6.07, 6.45) is 0. The molecule has 0 radical (unpaired) electrons. The van der Waals surface area contributed by atoms with Crippen LogP contribution in [-0.4, -0.2) is 15.4 Å². The van der Waals surface area contributed by atoms with E-state index in [4.69, 9.17) is 0 Å². The number of hydrogen-bond donors (Lipinski definition) is 1. The van der Waals surface area contributed by atoms with Gasteiger partial charge in [0, 0.05) is 4.90 Å². The summed E-state index contributed by atoms with van der Waals surface area (Å²) in [5.41, 5.74) is 3.08. The van der Waals surface area contributed by atoms with Gasteiger partial charge in [-0.3, -0.25) is 9.00 Å². The van der Waals surface area contributed by atoms with E-state index in [1.807, 2.05) is 91.9 Å². The molecule has 0 bridgehead atoms. The minimum absolute atomic E-state index is 0.230. The average Bonchev–Trinajstić information content (AvgIpc) is 2.72. The zero-order chi connectivity index (χ0) is 19.2. The van der Waals surface area contributed by atoms with Crippen LogP contribution in [0.1, 0.15) is 29.7 Å². The van der Waals surface area contributed by atoms with Gasteiger partial charge >= 0.3 is 0 Å². The third kappa shape index (κ3) is 4.72. The van der Waals surface area contributed by atoms with Crippen molar-refractivity contribution in [2.24, 2.45) is 0 Å². The molecule has 3 rings (SSSR count). The van der Waals surface area contributed by atoms with E-state index >= 15 is 0 Å². The third-order valence-electron chi connectivity index (χ3n) is 4.50. The number of aryl methyl sites for hydroxylation is 1. The average molecular weight is 378 g/mol. The summed E-state index contributed by atoms with van der Waals surface area (Å²) in [6, 6.07) is 26.8. The molecule has 0 aliphatic rings. The first-order chi connectivity index (χ1) is 13.1. The fraction of sp³-hybridized carbons (Fsp3) is 0.174.